The van der Waals surface area contributed by atoms with E-state index in [1.54, 1.807) is 7.05 Å². The molecule has 0 spiro atoms. The highest BCUT2D eigenvalue weighted by molar-refractivity contribution is 14.0. The van der Waals surface area contributed by atoms with Crippen LogP contribution in [0.25, 0.3) is 0 Å². The monoisotopic (exact) mass is 409 g/mol. The number of ether oxygens (including phenoxy) is 1. The number of unbranched alkanes of at least 4 members (excludes halogenated alkanes) is 1. The van der Waals surface area contributed by atoms with Crippen LogP contribution in [0.3, 0.4) is 0 Å². The summed E-state index contributed by atoms with van der Waals surface area (Å²) in [5.41, 5.74) is 1.23. The maximum atomic E-state index is 5.30. The zero-order valence-electron chi connectivity index (χ0n) is 13.3. The molecule has 0 aliphatic heterocycles. The van der Waals surface area contributed by atoms with Gasteiger partial charge in [0.2, 0.25) is 0 Å². The van der Waals surface area contributed by atoms with Crippen LogP contribution in [0.4, 0.5) is 0 Å². The van der Waals surface area contributed by atoms with Gasteiger partial charge in [-0.1, -0.05) is 0 Å². The van der Waals surface area contributed by atoms with Crippen LogP contribution in [0.15, 0.2) is 17.4 Å². The van der Waals surface area contributed by atoms with E-state index in [0.717, 1.165) is 51.5 Å². The summed E-state index contributed by atoms with van der Waals surface area (Å²) in [6, 6.07) is 0. The van der Waals surface area contributed by atoms with Gasteiger partial charge in [-0.05, 0) is 31.7 Å². The predicted molar refractivity (Wildman–Crippen MR) is 97.4 cm³/mol. The van der Waals surface area contributed by atoms with Gasteiger partial charge in [0, 0.05) is 46.6 Å². The normalized spacial score (nSPS) is 11.1. The molecular formula is C14H28IN5O. The molecule has 122 valence electrons. The Hall–Kier alpha value is -0.830. The summed E-state index contributed by atoms with van der Waals surface area (Å²) in [5, 5.41) is 10.8. The summed E-state index contributed by atoms with van der Waals surface area (Å²) in [6.07, 6.45) is 7.03. The maximum Gasteiger partial charge on any atom is 0.190 e. The highest BCUT2D eigenvalue weighted by Gasteiger charge is 1.99. The maximum absolute atomic E-state index is 5.30. The number of nitrogens with zero attached hydrogens (tertiary/aromatic N) is 3. The first-order chi connectivity index (χ1) is 9.76. The number of guanidine groups is 1. The van der Waals surface area contributed by atoms with E-state index in [9.17, 15) is 0 Å². The fourth-order valence-corrected chi connectivity index (χ4v) is 1.83. The van der Waals surface area contributed by atoms with Crippen LogP contribution in [0, 0.1) is 0 Å². The summed E-state index contributed by atoms with van der Waals surface area (Å²) in [4.78, 5) is 4.20. The predicted octanol–water partition coefficient (Wildman–Crippen LogP) is 1.56. The second kappa shape index (κ2) is 12.9. The van der Waals surface area contributed by atoms with Crippen molar-refractivity contribution >= 4 is 29.9 Å². The van der Waals surface area contributed by atoms with Crippen LogP contribution >= 0.6 is 24.0 Å². The molecule has 1 aromatic rings. The molecule has 0 bridgehead atoms. The molecule has 1 rings (SSSR count). The lowest BCUT2D eigenvalue weighted by Crippen LogP contribution is -2.38. The van der Waals surface area contributed by atoms with E-state index < -0.39 is 0 Å². The van der Waals surface area contributed by atoms with Gasteiger partial charge in [0.05, 0.1) is 6.20 Å². The minimum Gasteiger partial charge on any atom is -0.382 e. The van der Waals surface area contributed by atoms with Crippen LogP contribution in [-0.4, -0.2) is 49.1 Å². The number of halogens is 1. The van der Waals surface area contributed by atoms with E-state index in [-0.39, 0.29) is 24.0 Å². The number of aryl methyl sites for hydroxylation is 1. The molecule has 0 aliphatic rings. The highest BCUT2D eigenvalue weighted by Crippen LogP contribution is 1.95. The van der Waals surface area contributed by atoms with Crippen LogP contribution in [0.2, 0.25) is 0 Å². The zero-order valence-corrected chi connectivity index (χ0v) is 15.6. The van der Waals surface area contributed by atoms with E-state index >= 15 is 0 Å². The molecule has 6 nitrogen and oxygen atoms in total. The second-order valence-corrected chi connectivity index (χ2v) is 4.60. The van der Waals surface area contributed by atoms with Crippen molar-refractivity contribution in [2.75, 3.05) is 33.4 Å². The zero-order chi connectivity index (χ0) is 14.6. The van der Waals surface area contributed by atoms with Gasteiger partial charge in [-0.15, -0.1) is 24.0 Å². The fraction of sp³-hybridized carbons (Fsp3) is 0.714. The molecule has 0 unspecified atom stereocenters. The quantitative estimate of drug-likeness (QED) is 0.281. The molecule has 7 heteroatoms. The van der Waals surface area contributed by atoms with E-state index in [1.165, 1.54) is 5.56 Å². The van der Waals surface area contributed by atoms with Crippen molar-refractivity contribution < 1.29 is 4.74 Å². The molecule has 0 fully saturated rings. The van der Waals surface area contributed by atoms with Gasteiger partial charge in [-0.25, -0.2) is 0 Å². The fourth-order valence-electron chi connectivity index (χ4n) is 1.83. The Morgan fingerprint density at radius 3 is 2.71 bits per heavy atom. The van der Waals surface area contributed by atoms with E-state index in [4.69, 9.17) is 4.74 Å². The minimum atomic E-state index is 0. The molecule has 0 aromatic carbocycles. The van der Waals surface area contributed by atoms with Crippen LogP contribution in [-0.2, 0) is 18.2 Å². The summed E-state index contributed by atoms with van der Waals surface area (Å²) in [5.74, 6) is 0.852. The van der Waals surface area contributed by atoms with Gasteiger partial charge < -0.3 is 15.4 Å². The smallest absolute Gasteiger partial charge is 0.190 e. The van der Waals surface area contributed by atoms with Crippen molar-refractivity contribution in [3.8, 4) is 0 Å². The third-order valence-electron chi connectivity index (χ3n) is 2.90. The molecule has 0 amide bonds. The van der Waals surface area contributed by atoms with Crippen LogP contribution in [0.1, 0.15) is 25.3 Å². The van der Waals surface area contributed by atoms with Crippen molar-refractivity contribution in [3.05, 3.63) is 18.0 Å². The Balaban J connectivity index is 0.00000400. The van der Waals surface area contributed by atoms with Gasteiger partial charge in [-0.2, -0.15) is 5.10 Å². The molecule has 0 radical (unpaired) electrons. The first kappa shape index (κ1) is 20.2. The molecule has 1 aromatic heterocycles. The Morgan fingerprint density at radius 1 is 1.33 bits per heavy atom. The highest BCUT2D eigenvalue weighted by atomic mass is 127. The van der Waals surface area contributed by atoms with Gasteiger partial charge >= 0.3 is 0 Å². The first-order valence-corrected chi connectivity index (χ1v) is 7.26. The Bertz CT molecular complexity index is 394. The van der Waals surface area contributed by atoms with Crippen molar-refractivity contribution in [1.29, 1.82) is 0 Å². The summed E-state index contributed by atoms with van der Waals surface area (Å²) >= 11 is 0. The van der Waals surface area contributed by atoms with Crippen molar-refractivity contribution in [1.82, 2.24) is 20.4 Å². The average molecular weight is 409 g/mol. The number of hydrogen-bond donors (Lipinski definition) is 2. The molecular weight excluding hydrogens is 381 g/mol. The lowest BCUT2D eigenvalue weighted by Gasteiger charge is -2.11. The van der Waals surface area contributed by atoms with Crippen molar-refractivity contribution in [2.45, 2.75) is 26.2 Å². The van der Waals surface area contributed by atoms with Crippen LogP contribution in [0.5, 0.6) is 0 Å². The Labute approximate surface area is 144 Å². The summed E-state index contributed by atoms with van der Waals surface area (Å²) in [6.45, 7) is 5.42. The number of nitrogens with one attached hydrogen (secondary N) is 2. The van der Waals surface area contributed by atoms with E-state index in [2.05, 4.69) is 20.7 Å². The third-order valence-corrected chi connectivity index (χ3v) is 2.90. The second-order valence-electron chi connectivity index (χ2n) is 4.60. The van der Waals surface area contributed by atoms with Gasteiger partial charge in [0.15, 0.2) is 5.96 Å². The molecule has 1 heterocycles. The lowest BCUT2D eigenvalue weighted by atomic mass is 10.2. The molecule has 2 N–H and O–H groups in total. The molecule has 0 saturated heterocycles. The summed E-state index contributed by atoms with van der Waals surface area (Å²) < 4.78 is 7.12. The lowest BCUT2D eigenvalue weighted by molar-refractivity contribution is 0.143. The topological polar surface area (TPSA) is 63.5 Å². The van der Waals surface area contributed by atoms with Crippen LogP contribution < -0.4 is 10.6 Å². The molecule has 21 heavy (non-hydrogen) atoms. The summed E-state index contributed by atoms with van der Waals surface area (Å²) in [7, 11) is 3.72. The van der Waals surface area contributed by atoms with Gasteiger partial charge in [-0.3, -0.25) is 9.67 Å². The standard InChI is InChI=1S/C14H27N5O.HI/c1-4-20-10-6-5-8-16-14(15-2)17-9-7-13-11-18-19(3)12-13;/h11-12H,4-10H2,1-3H3,(H2,15,16,17);1H. The molecule has 0 atom stereocenters. The first-order valence-electron chi connectivity index (χ1n) is 7.26. The van der Waals surface area contributed by atoms with Crippen molar-refractivity contribution in [2.24, 2.45) is 12.0 Å². The Morgan fingerprint density at radius 2 is 2.10 bits per heavy atom. The van der Waals surface area contributed by atoms with E-state index in [1.807, 2.05) is 31.0 Å². The van der Waals surface area contributed by atoms with Gasteiger partial charge in [0.25, 0.3) is 0 Å². The minimum absolute atomic E-state index is 0. The number of aliphatic imine (C=N–C) groups is 1. The van der Waals surface area contributed by atoms with Crippen molar-refractivity contribution in [3.63, 3.8) is 0 Å². The average Bonchev–Trinajstić information content (AvgIpc) is 2.86. The molecule has 0 saturated carbocycles. The SMILES string of the molecule is CCOCCCCNC(=NC)NCCc1cnn(C)c1.I. The largest absolute Gasteiger partial charge is 0.382 e. The number of rotatable bonds is 9. The van der Waals surface area contributed by atoms with E-state index in [0.29, 0.717) is 0 Å². The Kier molecular flexibility index (Phi) is 12.4. The number of aromatic nitrogens is 2. The third kappa shape index (κ3) is 9.67. The van der Waals surface area contributed by atoms with Gasteiger partial charge in [0.1, 0.15) is 0 Å². The number of hydrogen-bond acceptors (Lipinski definition) is 3. The molecule has 0 aliphatic carbocycles.